The minimum absolute atomic E-state index is 0.0583. The number of ether oxygens (including phenoxy) is 3. The summed E-state index contributed by atoms with van der Waals surface area (Å²) in [6.45, 7) is 1.88. The second-order valence-corrected chi connectivity index (χ2v) is 8.71. The predicted octanol–water partition coefficient (Wildman–Crippen LogP) is 1.35. The molecule has 4 rings (SSSR count). The molecule has 1 aromatic carbocycles. The van der Waals surface area contributed by atoms with Crippen molar-refractivity contribution in [3.05, 3.63) is 61.0 Å². The lowest BCUT2D eigenvalue weighted by molar-refractivity contribution is -0.129. The summed E-state index contributed by atoms with van der Waals surface area (Å²) in [5.74, 6) is -1.08. The molecule has 0 saturated heterocycles. The smallest absolute Gasteiger partial charge is 0.330 e. The number of Topliss-reactive ketones (excluding diaryl/α,β-unsaturated/α-hetero) is 1. The third kappa shape index (κ3) is 3.32. The van der Waals surface area contributed by atoms with Gasteiger partial charge in [-0.2, -0.15) is 0 Å². The van der Waals surface area contributed by atoms with Crippen molar-refractivity contribution >= 4 is 23.2 Å². The van der Waals surface area contributed by atoms with Gasteiger partial charge in [-0.3, -0.25) is 23.5 Å². The molecule has 180 valence electrons. The summed E-state index contributed by atoms with van der Waals surface area (Å²) in [5, 5.41) is 3.19. The average molecular weight is 490 g/mol. The number of carbonyl (C=O) groups is 2. The quantitative estimate of drug-likeness (QED) is 0.625. The molecule has 0 amide bonds. The topological polar surface area (TPSA) is 118 Å². The Morgan fingerprint density at radius 3 is 2.41 bits per heavy atom. The Bertz CT molecular complexity index is 1370. The van der Waals surface area contributed by atoms with E-state index in [1.807, 2.05) is 0 Å². The number of ketones is 2. The number of rotatable bonds is 5. The number of allylic oxidation sites excluding steroid dienone is 1. The van der Waals surface area contributed by atoms with Gasteiger partial charge in [0.05, 0.1) is 20.8 Å². The Morgan fingerprint density at radius 2 is 1.79 bits per heavy atom. The molecule has 1 aliphatic carbocycles. The summed E-state index contributed by atoms with van der Waals surface area (Å²) < 4.78 is 19.0. The minimum atomic E-state index is -1.77. The van der Waals surface area contributed by atoms with E-state index in [0.29, 0.717) is 17.8 Å². The summed E-state index contributed by atoms with van der Waals surface area (Å²) >= 11 is 6.39. The number of hydrogen-bond acceptors (Lipinski definition) is 8. The van der Waals surface area contributed by atoms with E-state index in [1.165, 1.54) is 44.0 Å². The monoisotopic (exact) mass is 489 g/mol. The van der Waals surface area contributed by atoms with Gasteiger partial charge < -0.3 is 19.5 Å². The Morgan fingerprint density at radius 1 is 1.12 bits per heavy atom. The van der Waals surface area contributed by atoms with Crippen molar-refractivity contribution in [3.63, 3.8) is 0 Å². The molecule has 2 atom stereocenters. The first-order valence-corrected chi connectivity index (χ1v) is 10.9. The molecule has 2 heterocycles. The maximum Gasteiger partial charge on any atom is 0.330 e. The SMILES string of the molecule is COc1cc(OC)c2c(c1Cl)O[C@@]1(C(=O)C=C(NCc3cc(=O)n(C)c(=O)n3C)C[C@H]1C)C2=O. The van der Waals surface area contributed by atoms with Crippen LogP contribution in [0.5, 0.6) is 17.2 Å². The van der Waals surface area contributed by atoms with Gasteiger partial charge in [-0.1, -0.05) is 18.5 Å². The summed E-state index contributed by atoms with van der Waals surface area (Å²) in [6, 6.07) is 2.84. The van der Waals surface area contributed by atoms with Crippen molar-refractivity contribution in [2.24, 2.45) is 20.0 Å². The third-order valence-corrected chi connectivity index (χ3v) is 6.79. The van der Waals surface area contributed by atoms with Gasteiger partial charge in [-0.05, 0) is 6.42 Å². The van der Waals surface area contributed by atoms with Crippen LogP contribution in [0.1, 0.15) is 29.4 Å². The van der Waals surface area contributed by atoms with E-state index in [9.17, 15) is 19.2 Å². The molecule has 2 aliphatic rings. The summed E-state index contributed by atoms with van der Waals surface area (Å²) in [5.41, 5.74) is -1.53. The summed E-state index contributed by atoms with van der Waals surface area (Å²) in [4.78, 5) is 51.0. The molecule has 0 fully saturated rings. The first kappa shape index (κ1) is 23.6. The number of halogens is 1. The van der Waals surface area contributed by atoms with Gasteiger partial charge in [-0.15, -0.1) is 0 Å². The Hall–Kier alpha value is -3.53. The largest absolute Gasteiger partial charge is 0.496 e. The molecule has 1 aliphatic heterocycles. The van der Waals surface area contributed by atoms with Crippen molar-refractivity contribution in [2.75, 3.05) is 14.2 Å². The second kappa shape index (κ2) is 8.35. The summed E-state index contributed by atoms with van der Waals surface area (Å²) in [6.07, 6.45) is 1.63. The lowest BCUT2D eigenvalue weighted by atomic mass is 9.74. The van der Waals surface area contributed by atoms with Crippen LogP contribution in [0.3, 0.4) is 0 Å². The van der Waals surface area contributed by atoms with Gasteiger partial charge in [0.1, 0.15) is 22.1 Å². The van der Waals surface area contributed by atoms with Gasteiger partial charge in [0.15, 0.2) is 5.75 Å². The highest BCUT2D eigenvalue weighted by Crippen LogP contribution is 2.52. The molecule has 11 heteroatoms. The Labute approximate surface area is 199 Å². The molecule has 0 saturated carbocycles. The van der Waals surface area contributed by atoms with Crippen molar-refractivity contribution in [1.82, 2.24) is 14.5 Å². The number of carbonyl (C=O) groups excluding carboxylic acids is 2. The molecule has 10 nitrogen and oxygen atoms in total. The van der Waals surface area contributed by atoms with Crippen molar-refractivity contribution in [2.45, 2.75) is 25.5 Å². The number of methoxy groups -OCH3 is 2. The van der Waals surface area contributed by atoms with E-state index >= 15 is 0 Å². The second-order valence-electron chi connectivity index (χ2n) is 8.33. The van der Waals surface area contributed by atoms with Crippen LogP contribution in [-0.2, 0) is 25.4 Å². The average Bonchev–Trinajstić information content (AvgIpc) is 3.13. The van der Waals surface area contributed by atoms with Gasteiger partial charge in [0, 0.05) is 49.6 Å². The van der Waals surface area contributed by atoms with Gasteiger partial charge in [0.2, 0.25) is 17.2 Å². The zero-order valence-electron chi connectivity index (χ0n) is 19.4. The molecule has 1 N–H and O–H groups in total. The van der Waals surface area contributed by atoms with Crippen LogP contribution in [-0.4, -0.2) is 40.5 Å². The highest BCUT2D eigenvalue weighted by Gasteiger charge is 2.60. The number of fused-ring (bicyclic) bond motifs is 1. The van der Waals surface area contributed by atoms with Crippen LogP contribution in [0.25, 0.3) is 0 Å². The highest BCUT2D eigenvalue weighted by atomic mass is 35.5. The number of nitrogens with one attached hydrogen (secondary N) is 1. The molecule has 2 aromatic rings. The minimum Gasteiger partial charge on any atom is -0.496 e. The van der Waals surface area contributed by atoms with E-state index < -0.39 is 34.3 Å². The van der Waals surface area contributed by atoms with Crippen LogP contribution >= 0.6 is 11.6 Å². The van der Waals surface area contributed by atoms with E-state index in [0.717, 1.165) is 4.57 Å². The van der Waals surface area contributed by atoms with E-state index in [-0.39, 0.29) is 34.4 Å². The Kier molecular flexibility index (Phi) is 5.80. The fraction of sp³-hybridized carbons (Fsp3) is 0.391. The normalized spacial score (nSPS) is 21.2. The molecule has 0 bridgehead atoms. The molecule has 1 aromatic heterocycles. The first-order chi connectivity index (χ1) is 16.1. The number of nitrogens with zero attached hydrogens (tertiary/aromatic N) is 2. The third-order valence-electron chi connectivity index (χ3n) is 6.43. The zero-order chi connectivity index (χ0) is 24.9. The number of hydrogen-bond donors (Lipinski definition) is 1. The molecule has 1 spiro atoms. The van der Waals surface area contributed by atoms with Gasteiger partial charge in [-0.25, -0.2) is 4.79 Å². The van der Waals surface area contributed by atoms with Crippen molar-refractivity contribution < 1.29 is 23.8 Å². The fourth-order valence-electron chi connectivity index (χ4n) is 4.40. The van der Waals surface area contributed by atoms with Gasteiger partial charge >= 0.3 is 5.69 Å². The zero-order valence-corrected chi connectivity index (χ0v) is 20.1. The lowest BCUT2D eigenvalue weighted by Crippen LogP contribution is -2.55. The van der Waals surface area contributed by atoms with Crippen LogP contribution < -0.4 is 30.8 Å². The van der Waals surface area contributed by atoms with Crippen molar-refractivity contribution in [1.29, 1.82) is 0 Å². The Balaban J connectivity index is 1.65. The van der Waals surface area contributed by atoms with E-state index in [4.69, 9.17) is 25.8 Å². The van der Waals surface area contributed by atoms with E-state index in [2.05, 4.69) is 5.32 Å². The van der Waals surface area contributed by atoms with Crippen LogP contribution in [0.4, 0.5) is 0 Å². The molecule has 0 unspecified atom stereocenters. The maximum absolute atomic E-state index is 13.5. The van der Waals surface area contributed by atoms with E-state index in [1.54, 1.807) is 14.0 Å². The standard InChI is InChI=1S/C23H24ClN3O7/c1-11-6-12(25-10-13-8-17(29)27(3)22(31)26(13)2)7-16(28)23(11)21(30)18-14(32-4)9-15(33-5)19(24)20(18)34-23/h7-9,11,25H,6,10H2,1-5H3/t11-,23+/m1/s1. The first-order valence-electron chi connectivity index (χ1n) is 10.5. The van der Waals surface area contributed by atoms with Crippen LogP contribution in [0, 0.1) is 5.92 Å². The highest BCUT2D eigenvalue weighted by molar-refractivity contribution is 6.36. The van der Waals surface area contributed by atoms with Crippen LogP contribution in [0.15, 0.2) is 33.5 Å². The molecular formula is C23H24ClN3O7. The molecule has 34 heavy (non-hydrogen) atoms. The van der Waals surface area contributed by atoms with Crippen molar-refractivity contribution in [3.8, 4) is 17.2 Å². The fourth-order valence-corrected chi connectivity index (χ4v) is 4.67. The molecule has 0 radical (unpaired) electrons. The van der Waals surface area contributed by atoms with Gasteiger partial charge in [0.25, 0.3) is 5.56 Å². The number of aromatic nitrogens is 2. The lowest BCUT2D eigenvalue weighted by Gasteiger charge is -2.35. The molecular weight excluding hydrogens is 466 g/mol. The predicted molar refractivity (Wildman–Crippen MR) is 123 cm³/mol. The van der Waals surface area contributed by atoms with Crippen LogP contribution in [0.2, 0.25) is 5.02 Å². The maximum atomic E-state index is 13.5. The summed E-state index contributed by atoms with van der Waals surface area (Å²) in [7, 11) is 5.79. The number of benzene rings is 1.